The summed E-state index contributed by atoms with van der Waals surface area (Å²) in [5, 5.41) is 3.01. The van der Waals surface area contributed by atoms with Crippen LogP contribution in [-0.2, 0) is 11.4 Å². The number of anilines is 1. The molecule has 1 aliphatic rings. The van der Waals surface area contributed by atoms with E-state index in [1.165, 1.54) is 0 Å². The molecule has 4 nitrogen and oxygen atoms in total. The van der Waals surface area contributed by atoms with E-state index >= 15 is 0 Å². The van der Waals surface area contributed by atoms with E-state index in [4.69, 9.17) is 10.5 Å². The topological polar surface area (TPSA) is 64.3 Å². The molecule has 2 aromatic rings. The highest BCUT2D eigenvalue weighted by Gasteiger charge is 2.26. The van der Waals surface area contributed by atoms with Crippen molar-refractivity contribution in [1.82, 2.24) is 0 Å². The van der Waals surface area contributed by atoms with Gasteiger partial charge in [-0.05, 0) is 55.0 Å². The molecule has 1 aliphatic carbocycles. The quantitative estimate of drug-likeness (QED) is 0.836. The van der Waals surface area contributed by atoms with Crippen molar-refractivity contribution in [2.75, 3.05) is 5.32 Å². The van der Waals surface area contributed by atoms with Crippen molar-refractivity contribution >= 4 is 11.6 Å². The molecule has 2 aromatic carbocycles. The number of carbonyl (C=O) groups excluding carboxylic acids is 1. The normalized spacial score (nSPS) is 19.6. The predicted molar refractivity (Wildman–Crippen MR) is 101 cm³/mol. The molecular weight excluding hydrogens is 312 g/mol. The second kappa shape index (κ2) is 8.17. The first-order valence-corrected chi connectivity index (χ1v) is 8.94. The lowest BCUT2D eigenvalue weighted by molar-refractivity contribution is -0.117. The number of ether oxygens (including phenoxy) is 1. The van der Waals surface area contributed by atoms with Crippen LogP contribution in [0.4, 0.5) is 5.69 Å². The Morgan fingerprint density at radius 2 is 2.00 bits per heavy atom. The van der Waals surface area contributed by atoms with Gasteiger partial charge in [0.05, 0.1) is 0 Å². The second-order valence-corrected chi connectivity index (χ2v) is 6.86. The molecule has 3 N–H and O–H groups in total. The Morgan fingerprint density at radius 1 is 1.20 bits per heavy atom. The van der Waals surface area contributed by atoms with Crippen LogP contribution in [0.3, 0.4) is 0 Å². The summed E-state index contributed by atoms with van der Waals surface area (Å²) in [6.07, 6.45) is 3.72. The van der Waals surface area contributed by atoms with Crippen LogP contribution in [-0.4, -0.2) is 11.9 Å². The van der Waals surface area contributed by atoms with Gasteiger partial charge in [-0.1, -0.05) is 36.8 Å². The maximum Gasteiger partial charge on any atom is 0.224 e. The molecule has 0 aromatic heterocycles. The molecule has 0 radical (unpaired) electrons. The molecule has 1 fully saturated rings. The second-order valence-electron chi connectivity index (χ2n) is 6.86. The standard InChI is InChI=1S/C21H26N2O2/c1-15-12-18(25-14-16-6-3-2-4-7-16)10-11-20(15)23-21(24)13-17-8-5-9-19(17)22/h2-4,6-7,10-12,17,19H,5,8-9,13-14,22H2,1H3,(H,23,24)/t17-,19+/m0/s1. The number of nitrogens with two attached hydrogens (primary N) is 1. The molecule has 25 heavy (non-hydrogen) atoms. The molecule has 2 atom stereocenters. The van der Waals surface area contributed by atoms with Gasteiger partial charge >= 0.3 is 0 Å². The number of nitrogens with one attached hydrogen (secondary N) is 1. The van der Waals surface area contributed by atoms with Gasteiger partial charge in [0.2, 0.25) is 5.91 Å². The highest BCUT2D eigenvalue weighted by Crippen LogP contribution is 2.28. The zero-order valence-electron chi connectivity index (χ0n) is 14.7. The predicted octanol–water partition coefficient (Wildman–Crippen LogP) is 4.03. The fourth-order valence-electron chi connectivity index (χ4n) is 3.37. The summed E-state index contributed by atoms with van der Waals surface area (Å²) in [7, 11) is 0. The maximum atomic E-state index is 12.3. The van der Waals surface area contributed by atoms with Crippen LogP contribution >= 0.6 is 0 Å². The molecule has 3 rings (SSSR count). The Balaban J connectivity index is 1.55. The number of hydrogen-bond donors (Lipinski definition) is 2. The summed E-state index contributed by atoms with van der Waals surface area (Å²) < 4.78 is 5.83. The van der Waals surface area contributed by atoms with Crippen molar-refractivity contribution in [3.63, 3.8) is 0 Å². The number of rotatable bonds is 6. The zero-order valence-corrected chi connectivity index (χ0v) is 14.7. The summed E-state index contributed by atoms with van der Waals surface area (Å²) >= 11 is 0. The molecule has 1 amide bonds. The van der Waals surface area contributed by atoms with Gasteiger partial charge < -0.3 is 15.8 Å². The fourth-order valence-corrected chi connectivity index (χ4v) is 3.37. The summed E-state index contributed by atoms with van der Waals surface area (Å²) in [6.45, 7) is 2.51. The minimum atomic E-state index is 0.0448. The van der Waals surface area contributed by atoms with Crippen LogP contribution in [0.25, 0.3) is 0 Å². The minimum absolute atomic E-state index is 0.0448. The Labute approximate surface area is 149 Å². The van der Waals surface area contributed by atoms with Gasteiger partial charge in [-0.3, -0.25) is 4.79 Å². The van der Waals surface area contributed by atoms with E-state index in [1.54, 1.807) is 0 Å². The SMILES string of the molecule is Cc1cc(OCc2ccccc2)ccc1NC(=O)C[C@@H]1CCC[C@H]1N. The van der Waals surface area contributed by atoms with Gasteiger partial charge in [0.1, 0.15) is 12.4 Å². The number of amides is 1. The van der Waals surface area contributed by atoms with Crippen molar-refractivity contribution in [2.45, 2.75) is 45.3 Å². The number of hydrogen-bond acceptors (Lipinski definition) is 3. The van der Waals surface area contributed by atoms with Gasteiger partial charge in [-0.25, -0.2) is 0 Å². The number of aryl methyl sites for hydroxylation is 1. The summed E-state index contributed by atoms with van der Waals surface area (Å²) in [4.78, 5) is 12.3. The van der Waals surface area contributed by atoms with E-state index in [2.05, 4.69) is 5.32 Å². The van der Waals surface area contributed by atoms with Gasteiger partial charge in [-0.15, -0.1) is 0 Å². The van der Waals surface area contributed by atoms with E-state index in [-0.39, 0.29) is 11.9 Å². The molecule has 0 bridgehead atoms. The lowest BCUT2D eigenvalue weighted by atomic mass is 10.00. The van der Waals surface area contributed by atoms with E-state index in [0.29, 0.717) is 18.9 Å². The Hall–Kier alpha value is -2.33. The summed E-state index contributed by atoms with van der Waals surface area (Å²) in [6, 6.07) is 16.0. The van der Waals surface area contributed by atoms with Gasteiger partial charge in [0, 0.05) is 18.2 Å². The Bertz CT molecular complexity index is 715. The van der Waals surface area contributed by atoms with Crippen LogP contribution < -0.4 is 15.8 Å². The molecule has 0 spiro atoms. The Morgan fingerprint density at radius 3 is 2.68 bits per heavy atom. The van der Waals surface area contributed by atoms with Crippen LogP contribution in [0.2, 0.25) is 0 Å². The third-order valence-electron chi connectivity index (χ3n) is 4.89. The smallest absolute Gasteiger partial charge is 0.224 e. The number of carbonyl (C=O) groups is 1. The highest BCUT2D eigenvalue weighted by atomic mass is 16.5. The molecule has 1 saturated carbocycles. The first-order valence-electron chi connectivity index (χ1n) is 8.94. The molecule has 0 saturated heterocycles. The lowest BCUT2D eigenvalue weighted by Gasteiger charge is -2.16. The average molecular weight is 338 g/mol. The van der Waals surface area contributed by atoms with Crippen molar-refractivity contribution < 1.29 is 9.53 Å². The molecule has 4 heteroatoms. The van der Waals surface area contributed by atoms with Gasteiger partial charge in [0.15, 0.2) is 0 Å². The minimum Gasteiger partial charge on any atom is -0.489 e. The fraction of sp³-hybridized carbons (Fsp3) is 0.381. The third-order valence-corrected chi connectivity index (χ3v) is 4.89. The third kappa shape index (κ3) is 4.83. The summed E-state index contributed by atoms with van der Waals surface area (Å²) in [5.41, 5.74) is 9.02. The summed E-state index contributed by atoms with van der Waals surface area (Å²) in [5.74, 6) is 1.16. The highest BCUT2D eigenvalue weighted by molar-refractivity contribution is 5.91. The van der Waals surface area contributed by atoms with Crippen molar-refractivity contribution in [3.8, 4) is 5.75 Å². The lowest BCUT2D eigenvalue weighted by Crippen LogP contribution is -2.28. The largest absolute Gasteiger partial charge is 0.489 e. The maximum absolute atomic E-state index is 12.3. The van der Waals surface area contributed by atoms with Crippen molar-refractivity contribution in [3.05, 3.63) is 59.7 Å². The van der Waals surface area contributed by atoms with Crippen LogP contribution in [0.1, 0.15) is 36.8 Å². The van der Waals surface area contributed by atoms with E-state index < -0.39 is 0 Å². The average Bonchev–Trinajstić information content (AvgIpc) is 3.01. The number of benzene rings is 2. The van der Waals surface area contributed by atoms with E-state index in [1.807, 2.05) is 55.5 Å². The monoisotopic (exact) mass is 338 g/mol. The van der Waals surface area contributed by atoms with Crippen LogP contribution in [0, 0.1) is 12.8 Å². The van der Waals surface area contributed by atoms with E-state index in [9.17, 15) is 4.79 Å². The molecule has 0 unspecified atom stereocenters. The van der Waals surface area contributed by atoms with Crippen LogP contribution in [0.15, 0.2) is 48.5 Å². The first-order chi connectivity index (χ1) is 12.1. The molecular formula is C21H26N2O2. The van der Waals surface area contributed by atoms with E-state index in [0.717, 1.165) is 41.8 Å². The van der Waals surface area contributed by atoms with Gasteiger partial charge in [-0.2, -0.15) is 0 Å². The van der Waals surface area contributed by atoms with Gasteiger partial charge in [0.25, 0.3) is 0 Å². The zero-order chi connectivity index (χ0) is 17.6. The Kier molecular flexibility index (Phi) is 5.71. The van der Waals surface area contributed by atoms with Crippen molar-refractivity contribution in [1.29, 1.82) is 0 Å². The molecule has 132 valence electrons. The molecule has 0 aliphatic heterocycles. The van der Waals surface area contributed by atoms with Crippen LogP contribution in [0.5, 0.6) is 5.75 Å². The first kappa shape index (κ1) is 17.5. The molecule has 0 heterocycles. The van der Waals surface area contributed by atoms with Crippen molar-refractivity contribution in [2.24, 2.45) is 11.7 Å².